The minimum atomic E-state index is -0.345. The zero-order valence-electron chi connectivity index (χ0n) is 7.28. The Labute approximate surface area is 92.6 Å². The SMILES string of the molecule is Cc1cc(Br)c([N+](=O)[O-])c2sccc12. The Morgan fingerprint density at radius 3 is 2.93 bits per heavy atom. The first-order valence-corrected chi connectivity index (χ1v) is 5.59. The number of halogens is 1. The standard InChI is InChI=1S/C9H6BrNO2S/c1-5-4-7(10)8(11(12)13)9-6(5)2-3-14-9/h2-4H,1H3. The molecule has 0 fully saturated rings. The first-order valence-electron chi connectivity index (χ1n) is 3.92. The molecule has 1 heterocycles. The van der Waals surface area contributed by atoms with E-state index in [-0.39, 0.29) is 10.6 Å². The van der Waals surface area contributed by atoms with Crippen LogP contribution in [0.1, 0.15) is 5.56 Å². The first-order chi connectivity index (χ1) is 6.61. The Kier molecular flexibility index (Phi) is 2.28. The number of thiophene rings is 1. The maximum Gasteiger partial charge on any atom is 0.301 e. The van der Waals surface area contributed by atoms with Crippen LogP contribution in [0.2, 0.25) is 0 Å². The molecule has 72 valence electrons. The summed E-state index contributed by atoms with van der Waals surface area (Å²) in [5, 5.41) is 13.7. The second kappa shape index (κ2) is 3.33. The smallest absolute Gasteiger partial charge is 0.258 e. The minimum absolute atomic E-state index is 0.167. The van der Waals surface area contributed by atoms with Gasteiger partial charge in [0.25, 0.3) is 0 Å². The lowest BCUT2D eigenvalue weighted by Crippen LogP contribution is -1.90. The highest BCUT2D eigenvalue weighted by molar-refractivity contribution is 9.10. The average Bonchev–Trinajstić information content (AvgIpc) is 2.51. The van der Waals surface area contributed by atoms with Gasteiger partial charge in [0.1, 0.15) is 4.70 Å². The van der Waals surface area contributed by atoms with E-state index in [2.05, 4.69) is 15.9 Å². The maximum atomic E-state index is 10.8. The monoisotopic (exact) mass is 271 g/mol. The molecule has 0 amide bonds. The lowest BCUT2D eigenvalue weighted by Gasteiger charge is -2.00. The fourth-order valence-electron chi connectivity index (χ4n) is 1.42. The van der Waals surface area contributed by atoms with Crippen molar-refractivity contribution in [2.45, 2.75) is 6.92 Å². The molecular weight excluding hydrogens is 266 g/mol. The molecule has 1 aromatic carbocycles. The number of hydrogen-bond acceptors (Lipinski definition) is 3. The van der Waals surface area contributed by atoms with E-state index in [1.165, 1.54) is 11.3 Å². The van der Waals surface area contributed by atoms with E-state index in [1.807, 2.05) is 18.4 Å². The van der Waals surface area contributed by atoms with Crippen molar-refractivity contribution >= 4 is 43.0 Å². The number of benzene rings is 1. The molecule has 0 radical (unpaired) electrons. The first kappa shape index (κ1) is 9.61. The third-order valence-electron chi connectivity index (χ3n) is 2.06. The summed E-state index contributed by atoms with van der Waals surface area (Å²) >= 11 is 4.62. The third kappa shape index (κ3) is 1.33. The summed E-state index contributed by atoms with van der Waals surface area (Å²) in [7, 11) is 0. The van der Waals surface area contributed by atoms with Crippen molar-refractivity contribution in [3.8, 4) is 0 Å². The molecule has 0 atom stereocenters. The van der Waals surface area contributed by atoms with E-state index in [0.717, 1.165) is 15.6 Å². The predicted molar refractivity (Wildman–Crippen MR) is 60.9 cm³/mol. The van der Waals surface area contributed by atoms with E-state index in [1.54, 1.807) is 6.07 Å². The molecule has 3 nitrogen and oxygen atoms in total. The maximum absolute atomic E-state index is 10.8. The van der Waals surface area contributed by atoms with Gasteiger partial charge in [0.15, 0.2) is 0 Å². The number of nitro groups is 1. The van der Waals surface area contributed by atoms with Crippen LogP contribution in [0.4, 0.5) is 5.69 Å². The molecule has 14 heavy (non-hydrogen) atoms. The average molecular weight is 272 g/mol. The van der Waals surface area contributed by atoms with Crippen molar-refractivity contribution in [2.24, 2.45) is 0 Å². The van der Waals surface area contributed by atoms with Crippen LogP contribution >= 0.6 is 27.3 Å². The van der Waals surface area contributed by atoms with Crippen LogP contribution in [0.5, 0.6) is 0 Å². The van der Waals surface area contributed by atoms with Crippen LogP contribution in [-0.4, -0.2) is 4.92 Å². The van der Waals surface area contributed by atoms with Gasteiger partial charge in [-0.3, -0.25) is 10.1 Å². The minimum Gasteiger partial charge on any atom is -0.258 e. The number of rotatable bonds is 1. The van der Waals surface area contributed by atoms with Gasteiger partial charge in [-0.25, -0.2) is 0 Å². The van der Waals surface area contributed by atoms with Gasteiger partial charge in [-0.1, -0.05) is 0 Å². The van der Waals surface area contributed by atoms with Crippen molar-refractivity contribution in [2.75, 3.05) is 0 Å². The van der Waals surface area contributed by atoms with Crippen molar-refractivity contribution in [3.63, 3.8) is 0 Å². The zero-order valence-corrected chi connectivity index (χ0v) is 9.68. The molecule has 1 aromatic heterocycles. The predicted octanol–water partition coefficient (Wildman–Crippen LogP) is 3.88. The Morgan fingerprint density at radius 1 is 1.57 bits per heavy atom. The van der Waals surface area contributed by atoms with Crippen molar-refractivity contribution in [3.05, 3.63) is 37.7 Å². The van der Waals surface area contributed by atoms with Crippen LogP contribution in [0.3, 0.4) is 0 Å². The lowest BCUT2D eigenvalue weighted by molar-refractivity contribution is -0.383. The van der Waals surface area contributed by atoms with E-state index < -0.39 is 0 Å². The summed E-state index contributed by atoms with van der Waals surface area (Å²) in [5.74, 6) is 0. The van der Waals surface area contributed by atoms with E-state index in [4.69, 9.17) is 0 Å². The summed E-state index contributed by atoms with van der Waals surface area (Å²) in [6.07, 6.45) is 0. The lowest BCUT2D eigenvalue weighted by atomic mass is 10.1. The molecule has 0 aliphatic rings. The summed E-state index contributed by atoms with van der Waals surface area (Å²) in [6.45, 7) is 1.95. The fourth-order valence-corrected chi connectivity index (χ4v) is 3.23. The number of nitro benzene ring substituents is 1. The molecule has 0 spiro atoms. The van der Waals surface area contributed by atoms with Gasteiger partial charge in [-0.2, -0.15) is 0 Å². The number of hydrogen-bond donors (Lipinski definition) is 0. The van der Waals surface area contributed by atoms with Crippen LogP contribution in [0.15, 0.2) is 22.0 Å². The molecule has 0 unspecified atom stereocenters. The van der Waals surface area contributed by atoms with Crippen LogP contribution in [0.25, 0.3) is 10.1 Å². The number of nitrogens with zero attached hydrogens (tertiary/aromatic N) is 1. The van der Waals surface area contributed by atoms with E-state index >= 15 is 0 Å². The number of aryl methyl sites for hydroxylation is 1. The number of fused-ring (bicyclic) bond motifs is 1. The molecule has 0 N–H and O–H groups in total. The Bertz CT molecular complexity index is 521. The summed E-state index contributed by atoms with van der Waals surface area (Å²) in [4.78, 5) is 10.5. The largest absolute Gasteiger partial charge is 0.301 e. The fraction of sp³-hybridized carbons (Fsp3) is 0.111. The van der Waals surface area contributed by atoms with Crippen molar-refractivity contribution < 1.29 is 4.92 Å². The van der Waals surface area contributed by atoms with Gasteiger partial charge < -0.3 is 0 Å². The van der Waals surface area contributed by atoms with Crippen molar-refractivity contribution in [1.82, 2.24) is 0 Å². The highest BCUT2D eigenvalue weighted by Gasteiger charge is 2.19. The normalized spacial score (nSPS) is 10.7. The highest BCUT2D eigenvalue weighted by atomic mass is 79.9. The van der Waals surface area contributed by atoms with E-state index in [0.29, 0.717) is 4.47 Å². The Balaban J connectivity index is 2.93. The molecular formula is C9H6BrNO2S. The van der Waals surface area contributed by atoms with Crippen LogP contribution < -0.4 is 0 Å². The van der Waals surface area contributed by atoms with Gasteiger partial charge in [0, 0.05) is 5.39 Å². The van der Waals surface area contributed by atoms with Gasteiger partial charge in [-0.05, 0) is 45.9 Å². The molecule has 2 rings (SSSR count). The molecule has 5 heteroatoms. The van der Waals surface area contributed by atoms with E-state index in [9.17, 15) is 10.1 Å². The third-order valence-corrected chi connectivity index (χ3v) is 3.58. The second-order valence-corrected chi connectivity index (χ2v) is 4.71. The molecule has 0 aliphatic heterocycles. The Morgan fingerprint density at radius 2 is 2.29 bits per heavy atom. The topological polar surface area (TPSA) is 43.1 Å². The van der Waals surface area contributed by atoms with Gasteiger partial charge in [0.2, 0.25) is 0 Å². The van der Waals surface area contributed by atoms with Gasteiger partial charge in [-0.15, -0.1) is 11.3 Å². The summed E-state index contributed by atoms with van der Waals surface area (Å²) in [5.41, 5.74) is 1.22. The van der Waals surface area contributed by atoms with Crippen LogP contribution in [-0.2, 0) is 0 Å². The molecule has 2 aromatic rings. The van der Waals surface area contributed by atoms with Gasteiger partial charge >= 0.3 is 5.69 Å². The quantitative estimate of drug-likeness (QED) is 0.584. The molecule has 0 bridgehead atoms. The molecule has 0 aliphatic carbocycles. The molecule has 0 saturated heterocycles. The van der Waals surface area contributed by atoms with Gasteiger partial charge in [0.05, 0.1) is 9.40 Å². The summed E-state index contributed by atoms with van der Waals surface area (Å²) < 4.78 is 1.29. The van der Waals surface area contributed by atoms with Crippen LogP contribution in [0, 0.1) is 17.0 Å². The Hall–Kier alpha value is -0.940. The summed E-state index contributed by atoms with van der Waals surface area (Å²) in [6, 6.07) is 3.70. The zero-order chi connectivity index (χ0) is 10.3. The second-order valence-electron chi connectivity index (χ2n) is 2.94. The van der Waals surface area contributed by atoms with Crippen molar-refractivity contribution in [1.29, 1.82) is 0 Å². The highest BCUT2D eigenvalue weighted by Crippen LogP contribution is 2.38. The molecule has 0 saturated carbocycles.